The molecular formula is C15H26OS2. The van der Waals surface area contributed by atoms with Gasteiger partial charge in [-0.15, -0.1) is 11.8 Å². The van der Waals surface area contributed by atoms with Gasteiger partial charge in [0.1, 0.15) is 5.78 Å². The zero-order valence-corrected chi connectivity index (χ0v) is 13.7. The van der Waals surface area contributed by atoms with E-state index in [-0.39, 0.29) is 5.25 Å². The van der Waals surface area contributed by atoms with Gasteiger partial charge in [0.15, 0.2) is 0 Å². The molecule has 1 aliphatic carbocycles. The minimum Gasteiger partial charge on any atom is -0.298 e. The van der Waals surface area contributed by atoms with Gasteiger partial charge >= 0.3 is 0 Å². The summed E-state index contributed by atoms with van der Waals surface area (Å²) in [6.45, 7) is 9.18. The number of carbonyl (C=O) groups is 1. The van der Waals surface area contributed by atoms with Crippen LogP contribution in [0.3, 0.4) is 0 Å². The summed E-state index contributed by atoms with van der Waals surface area (Å²) in [7, 11) is 0. The van der Waals surface area contributed by atoms with Crippen molar-refractivity contribution in [2.75, 3.05) is 5.75 Å². The topological polar surface area (TPSA) is 17.1 Å². The SMILES string of the molecule is CC1CC(C)CC(C(=O)C2CSC(C)C(C)S2)C1. The maximum atomic E-state index is 12.7. The normalized spacial score (nSPS) is 45.8. The van der Waals surface area contributed by atoms with Gasteiger partial charge in [0.2, 0.25) is 0 Å². The molecular weight excluding hydrogens is 260 g/mol. The summed E-state index contributed by atoms with van der Waals surface area (Å²) >= 11 is 3.91. The fourth-order valence-corrected chi connectivity index (χ4v) is 6.33. The van der Waals surface area contributed by atoms with E-state index in [0.717, 1.165) is 30.4 Å². The smallest absolute Gasteiger partial charge is 0.149 e. The van der Waals surface area contributed by atoms with Crippen molar-refractivity contribution in [3.05, 3.63) is 0 Å². The molecule has 0 spiro atoms. The second-order valence-corrected chi connectivity index (χ2v) is 9.38. The fourth-order valence-electron chi connectivity index (χ4n) is 3.38. The molecule has 1 nitrogen and oxygen atoms in total. The lowest BCUT2D eigenvalue weighted by Crippen LogP contribution is -2.37. The molecule has 2 fully saturated rings. The van der Waals surface area contributed by atoms with Crippen molar-refractivity contribution in [2.45, 2.75) is 62.7 Å². The number of carbonyl (C=O) groups excluding carboxylic acids is 1. The lowest BCUT2D eigenvalue weighted by Gasteiger charge is -2.36. The Hall–Kier alpha value is 0.370. The Morgan fingerprint density at radius 2 is 1.56 bits per heavy atom. The van der Waals surface area contributed by atoms with E-state index in [4.69, 9.17) is 0 Å². The Bertz CT molecular complexity index is 295. The summed E-state index contributed by atoms with van der Waals surface area (Å²) in [6, 6.07) is 0. The minimum absolute atomic E-state index is 0.267. The summed E-state index contributed by atoms with van der Waals surface area (Å²) < 4.78 is 0. The third kappa shape index (κ3) is 3.47. The number of Topliss-reactive ketones (excluding diaryl/α,β-unsaturated/α-hetero) is 1. The molecule has 0 aromatic rings. The minimum atomic E-state index is 0.267. The Labute approximate surface area is 120 Å². The average Bonchev–Trinajstić information content (AvgIpc) is 2.30. The van der Waals surface area contributed by atoms with Crippen molar-refractivity contribution in [1.82, 2.24) is 0 Å². The summed E-state index contributed by atoms with van der Waals surface area (Å²) in [6.07, 6.45) is 3.58. The molecule has 18 heavy (non-hydrogen) atoms. The van der Waals surface area contributed by atoms with Gasteiger partial charge in [0.25, 0.3) is 0 Å². The lowest BCUT2D eigenvalue weighted by molar-refractivity contribution is -0.123. The molecule has 5 atom stereocenters. The Morgan fingerprint density at radius 1 is 0.944 bits per heavy atom. The molecule has 1 aliphatic heterocycles. The first kappa shape index (κ1) is 14.8. The number of hydrogen-bond acceptors (Lipinski definition) is 3. The van der Waals surface area contributed by atoms with Gasteiger partial charge in [-0.05, 0) is 31.1 Å². The molecule has 0 bridgehead atoms. The van der Waals surface area contributed by atoms with Crippen LogP contribution in [-0.2, 0) is 4.79 Å². The van der Waals surface area contributed by atoms with E-state index >= 15 is 0 Å². The van der Waals surface area contributed by atoms with E-state index in [0.29, 0.717) is 22.2 Å². The third-order valence-electron chi connectivity index (χ3n) is 4.45. The van der Waals surface area contributed by atoms with Crippen LogP contribution in [0.2, 0.25) is 0 Å². The fraction of sp³-hybridized carbons (Fsp3) is 0.933. The van der Waals surface area contributed by atoms with E-state index in [1.54, 1.807) is 0 Å². The van der Waals surface area contributed by atoms with Crippen molar-refractivity contribution in [2.24, 2.45) is 17.8 Å². The van der Waals surface area contributed by atoms with E-state index in [1.807, 2.05) is 23.5 Å². The second-order valence-electron chi connectivity index (χ2n) is 6.39. The van der Waals surface area contributed by atoms with E-state index in [1.165, 1.54) is 6.42 Å². The average molecular weight is 287 g/mol. The molecule has 104 valence electrons. The molecule has 3 heteroatoms. The van der Waals surface area contributed by atoms with Crippen molar-refractivity contribution < 1.29 is 4.79 Å². The van der Waals surface area contributed by atoms with Crippen LogP contribution in [0.5, 0.6) is 0 Å². The van der Waals surface area contributed by atoms with Crippen LogP contribution >= 0.6 is 23.5 Å². The molecule has 0 amide bonds. The first-order valence-electron chi connectivity index (χ1n) is 7.28. The van der Waals surface area contributed by atoms with Crippen LogP contribution in [0.1, 0.15) is 47.0 Å². The van der Waals surface area contributed by atoms with Gasteiger partial charge in [0.05, 0.1) is 5.25 Å². The van der Waals surface area contributed by atoms with Crippen LogP contribution in [-0.4, -0.2) is 27.3 Å². The third-order valence-corrected chi connectivity index (χ3v) is 7.86. The highest BCUT2D eigenvalue weighted by Crippen LogP contribution is 2.40. The van der Waals surface area contributed by atoms with Gasteiger partial charge < -0.3 is 0 Å². The van der Waals surface area contributed by atoms with Gasteiger partial charge in [0, 0.05) is 22.2 Å². The first-order valence-corrected chi connectivity index (χ1v) is 9.27. The first-order chi connectivity index (χ1) is 8.47. The summed E-state index contributed by atoms with van der Waals surface area (Å²) in [5, 5.41) is 1.59. The lowest BCUT2D eigenvalue weighted by atomic mass is 9.74. The molecule has 0 aromatic heterocycles. The summed E-state index contributed by atoms with van der Waals surface area (Å²) in [5.74, 6) is 3.42. The Kier molecular flexibility index (Phi) is 5.10. The van der Waals surface area contributed by atoms with Crippen molar-refractivity contribution in [3.8, 4) is 0 Å². The number of hydrogen-bond donors (Lipinski definition) is 0. The summed E-state index contributed by atoms with van der Waals surface area (Å²) in [5.41, 5.74) is 0. The van der Waals surface area contributed by atoms with Crippen LogP contribution in [0, 0.1) is 17.8 Å². The monoisotopic (exact) mass is 286 g/mol. The highest BCUT2D eigenvalue weighted by molar-refractivity contribution is 8.08. The highest BCUT2D eigenvalue weighted by atomic mass is 32.2. The predicted molar refractivity (Wildman–Crippen MR) is 83.4 cm³/mol. The molecule has 2 rings (SSSR count). The zero-order valence-electron chi connectivity index (χ0n) is 12.0. The molecule has 1 saturated carbocycles. The molecule has 0 N–H and O–H groups in total. The van der Waals surface area contributed by atoms with Gasteiger partial charge in [-0.25, -0.2) is 0 Å². The molecule has 1 heterocycles. The molecule has 0 aromatic carbocycles. The molecule has 2 aliphatic rings. The van der Waals surface area contributed by atoms with E-state index in [2.05, 4.69) is 27.7 Å². The Morgan fingerprint density at radius 3 is 2.11 bits per heavy atom. The quantitative estimate of drug-likeness (QED) is 0.755. The van der Waals surface area contributed by atoms with Crippen LogP contribution in [0.25, 0.3) is 0 Å². The number of thioether (sulfide) groups is 2. The van der Waals surface area contributed by atoms with Gasteiger partial charge in [-0.2, -0.15) is 11.8 Å². The predicted octanol–water partition coefficient (Wildman–Crippen LogP) is 4.25. The van der Waals surface area contributed by atoms with Crippen molar-refractivity contribution >= 4 is 29.3 Å². The maximum absolute atomic E-state index is 12.7. The van der Waals surface area contributed by atoms with Crippen LogP contribution < -0.4 is 0 Å². The van der Waals surface area contributed by atoms with Gasteiger partial charge in [-0.1, -0.05) is 27.7 Å². The van der Waals surface area contributed by atoms with E-state index in [9.17, 15) is 4.79 Å². The van der Waals surface area contributed by atoms with Crippen LogP contribution in [0.4, 0.5) is 0 Å². The molecule has 0 radical (unpaired) electrons. The highest BCUT2D eigenvalue weighted by Gasteiger charge is 2.36. The standard InChI is InChI=1S/C15H26OS2/c1-9-5-10(2)7-13(6-9)15(16)14-8-17-11(3)12(4)18-14/h9-14H,5-8H2,1-4H3. The van der Waals surface area contributed by atoms with E-state index < -0.39 is 0 Å². The second kappa shape index (κ2) is 6.21. The largest absolute Gasteiger partial charge is 0.298 e. The maximum Gasteiger partial charge on any atom is 0.149 e. The molecule has 1 saturated heterocycles. The van der Waals surface area contributed by atoms with Crippen molar-refractivity contribution in [3.63, 3.8) is 0 Å². The van der Waals surface area contributed by atoms with Crippen LogP contribution in [0.15, 0.2) is 0 Å². The zero-order chi connectivity index (χ0) is 13.3. The van der Waals surface area contributed by atoms with Crippen molar-refractivity contribution in [1.29, 1.82) is 0 Å². The number of rotatable bonds is 2. The van der Waals surface area contributed by atoms with Gasteiger partial charge in [-0.3, -0.25) is 4.79 Å². The number of ketones is 1. The Balaban J connectivity index is 1.94. The summed E-state index contributed by atoms with van der Waals surface area (Å²) in [4.78, 5) is 12.7. The molecule has 5 unspecified atom stereocenters.